The topological polar surface area (TPSA) is 191 Å². The van der Waals surface area contributed by atoms with Gasteiger partial charge in [-0.15, -0.1) is 0 Å². The molecule has 1 unspecified atom stereocenters. The number of amides is 5. The lowest BCUT2D eigenvalue weighted by Gasteiger charge is -2.38. The highest BCUT2D eigenvalue weighted by atomic mass is 16.2. The molecule has 1 aromatic carbocycles. The van der Waals surface area contributed by atoms with Crippen molar-refractivity contribution in [2.75, 3.05) is 44.0 Å². The molecule has 1 aromatic rings. The van der Waals surface area contributed by atoms with Crippen molar-refractivity contribution >= 4 is 40.9 Å². The third-order valence-corrected chi connectivity index (χ3v) is 11.1. The van der Waals surface area contributed by atoms with Crippen LogP contribution >= 0.6 is 0 Å². The molecule has 0 aromatic heterocycles. The third kappa shape index (κ3) is 9.29. The smallest absolute Gasteiger partial charge is 0.315 e. The molecule has 284 valence electrons. The molecule has 1 aliphatic heterocycles. The first-order valence-electron chi connectivity index (χ1n) is 18.6. The maximum atomic E-state index is 14.5. The Morgan fingerprint density at radius 1 is 0.863 bits per heavy atom. The van der Waals surface area contributed by atoms with Crippen LogP contribution in [-0.2, 0) is 19.2 Å². The Kier molecular flexibility index (Phi) is 12.6. The van der Waals surface area contributed by atoms with Gasteiger partial charge in [-0.2, -0.15) is 0 Å². The number of nitrogens with two attached hydrogens (primary N) is 1. The summed E-state index contributed by atoms with van der Waals surface area (Å²) >= 11 is 0. The van der Waals surface area contributed by atoms with Crippen molar-refractivity contribution in [2.45, 2.75) is 117 Å². The standard InChI is InChI=1S/C37H59N7O7/c1-20(2)23-16-17-44(26(23)34(49)39-24(18-21-14-15-21)29(45)33(38)48)35(50)32(37(3,4)5)41-36(51)40-25(22-12-10-9-11-13-22)19-43(8)28-27(42(6)7)30(46)31(28)47/h20-26,32H,9-19H2,1-8H3,(H2,38,48)(H,39,49)(H2,40,41,51)/t23-,24?,25-,26+,32-/m1/s1. The lowest BCUT2D eigenvalue weighted by molar-refractivity contribution is -0.144. The summed E-state index contributed by atoms with van der Waals surface area (Å²) < 4.78 is 0. The summed E-state index contributed by atoms with van der Waals surface area (Å²) in [5.74, 6) is -2.68. The van der Waals surface area contributed by atoms with Crippen LogP contribution in [0.25, 0.3) is 0 Å². The van der Waals surface area contributed by atoms with Crippen LogP contribution in [0.4, 0.5) is 16.2 Å². The number of nitrogens with zero attached hydrogens (tertiary/aromatic N) is 3. The Morgan fingerprint density at radius 2 is 1.47 bits per heavy atom. The monoisotopic (exact) mass is 713 g/mol. The molecule has 1 saturated heterocycles. The van der Waals surface area contributed by atoms with Crippen LogP contribution in [0.1, 0.15) is 92.4 Å². The molecule has 5 amide bonds. The number of urea groups is 1. The van der Waals surface area contributed by atoms with Crippen LogP contribution in [0.2, 0.25) is 0 Å². The number of likely N-dealkylation sites (tertiary alicyclic amines) is 1. The van der Waals surface area contributed by atoms with Gasteiger partial charge in [-0.1, -0.05) is 66.7 Å². The van der Waals surface area contributed by atoms with Gasteiger partial charge in [-0.25, -0.2) is 4.79 Å². The highest BCUT2D eigenvalue weighted by molar-refractivity contribution is 6.37. The summed E-state index contributed by atoms with van der Waals surface area (Å²) in [4.78, 5) is 96.6. The van der Waals surface area contributed by atoms with Crippen molar-refractivity contribution in [3.8, 4) is 0 Å². The fourth-order valence-electron chi connectivity index (χ4n) is 7.97. The Morgan fingerprint density at radius 3 is 2.00 bits per heavy atom. The summed E-state index contributed by atoms with van der Waals surface area (Å²) in [6.07, 6.45) is 7.63. The maximum Gasteiger partial charge on any atom is 0.315 e. The first-order valence-corrected chi connectivity index (χ1v) is 18.6. The zero-order chi connectivity index (χ0) is 37.9. The lowest BCUT2D eigenvalue weighted by Crippen LogP contribution is -2.62. The molecule has 14 heteroatoms. The van der Waals surface area contributed by atoms with Gasteiger partial charge in [0.25, 0.3) is 16.8 Å². The summed E-state index contributed by atoms with van der Waals surface area (Å²) in [6, 6.07) is -3.87. The molecule has 5 atom stereocenters. The number of rotatable bonds is 15. The number of likely N-dealkylation sites (N-methyl/N-ethyl adjacent to an activating group) is 1. The minimum absolute atomic E-state index is 0.0332. The zero-order valence-corrected chi connectivity index (χ0v) is 31.7. The molecule has 2 aliphatic carbocycles. The van der Waals surface area contributed by atoms with Crippen molar-refractivity contribution in [2.24, 2.45) is 34.8 Å². The van der Waals surface area contributed by atoms with Crippen LogP contribution in [0.15, 0.2) is 9.59 Å². The summed E-state index contributed by atoms with van der Waals surface area (Å²) in [5.41, 5.74) is 4.17. The fourth-order valence-corrected chi connectivity index (χ4v) is 7.97. The second-order valence-corrected chi connectivity index (χ2v) is 16.7. The number of ketones is 1. The summed E-state index contributed by atoms with van der Waals surface area (Å²) in [5, 5.41) is 8.83. The molecule has 14 nitrogen and oxygen atoms in total. The molecule has 1 heterocycles. The van der Waals surface area contributed by atoms with Gasteiger partial charge in [-0.05, 0) is 54.8 Å². The first-order chi connectivity index (χ1) is 23.8. The van der Waals surface area contributed by atoms with Crippen molar-refractivity contribution < 1.29 is 24.0 Å². The molecule has 4 rings (SSSR count). The highest BCUT2D eigenvalue weighted by Gasteiger charge is 2.48. The average Bonchev–Trinajstić information content (AvgIpc) is 3.76. The van der Waals surface area contributed by atoms with Gasteiger partial charge in [0.2, 0.25) is 17.6 Å². The van der Waals surface area contributed by atoms with Gasteiger partial charge in [0.05, 0.1) is 12.1 Å². The van der Waals surface area contributed by atoms with E-state index in [9.17, 15) is 33.6 Å². The quantitative estimate of drug-likeness (QED) is 0.196. The third-order valence-electron chi connectivity index (χ3n) is 11.1. The largest absolute Gasteiger partial charge is 0.373 e. The number of hydrogen-bond donors (Lipinski definition) is 4. The van der Waals surface area contributed by atoms with E-state index >= 15 is 0 Å². The molecular formula is C37H59N7O7. The van der Waals surface area contributed by atoms with Crippen molar-refractivity contribution in [3.63, 3.8) is 0 Å². The molecule has 3 fully saturated rings. The number of carbonyl (C=O) groups excluding carboxylic acids is 5. The van der Waals surface area contributed by atoms with Crippen LogP contribution < -0.4 is 42.3 Å². The van der Waals surface area contributed by atoms with E-state index in [1.54, 1.807) is 30.9 Å². The molecule has 2 saturated carbocycles. The minimum atomic E-state index is -1.11. The van der Waals surface area contributed by atoms with Crippen LogP contribution in [0, 0.1) is 29.1 Å². The Labute approximate surface area is 301 Å². The molecular weight excluding hydrogens is 654 g/mol. The Balaban J connectivity index is 1.54. The Bertz CT molecular complexity index is 1530. The number of nitrogens with one attached hydrogen (secondary N) is 3. The molecule has 0 bridgehead atoms. The number of Topliss-reactive ketones (excluding diaryl/α,β-unsaturated/α-hetero) is 1. The maximum absolute atomic E-state index is 14.5. The van der Waals surface area contributed by atoms with E-state index in [1.165, 1.54) is 4.90 Å². The van der Waals surface area contributed by atoms with Crippen LogP contribution in [0.5, 0.6) is 0 Å². The molecule has 51 heavy (non-hydrogen) atoms. The highest BCUT2D eigenvalue weighted by Crippen LogP contribution is 2.36. The Hall–Kier alpha value is -3.97. The second kappa shape index (κ2) is 16.1. The van der Waals surface area contributed by atoms with Gasteiger partial charge >= 0.3 is 6.03 Å². The summed E-state index contributed by atoms with van der Waals surface area (Å²) in [7, 11) is 5.18. The van der Waals surface area contributed by atoms with E-state index in [-0.39, 0.29) is 36.3 Å². The van der Waals surface area contributed by atoms with E-state index in [4.69, 9.17) is 5.73 Å². The molecule has 5 N–H and O–H groups in total. The normalized spacial score (nSPS) is 21.5. The van der Waals surface area contributed by atoms with Gasteiger partial charge in [0, 0.05) is 34.2 Å². The molecule has 0 spiro atoms. The van der Waals surface area contributed by atoms with Gasteiger partial charge in [0.1, 0.15) is 23.5 Å². The number of carbonyl (C=O) groups is 5. The van der Waals surface area contributed by atoms with Crippen molar-refractivity contribution in [1.82, 2.24) is 20.9 Å². The van der Waals surface area contributed by atoms with E-state index < -0.39 is 63.9 Å². The van der Waals surface area contributed by atoms with E-state index in [1.807, 2.05) is 34.6 Å². The lowest BCUT2D eigenvalue weighted by atomic mass is 9.83. The predicted octanol–water partition coefficient (Wildman–Crippen LogP) is 1.66. The van der Waals surface area contributed by atoms with E-state index in [0.29, 0.717) is 30.8 Å². The number of hydrogen-bond acceptors (Lipinski definition) is 9. The zero-order valence-electron chi connectivity index (χ0n) is 31.7. The fraction of sp³-hybridized carbons (Fsp3) is 0.757. The van der Waals surface area contributed by atoms with Gasteiger partial charge in [-0.3, -0.25) is 28.8 Å². The van der Waals surface area contributed by atoms with Crippen molar-refractivity contribution in [1.29, 1.82) is 0 Å². The van der Waals surface area contributed by atoms with E-state index in [2.05, 4.69) is 16.0 Å². The van der Waals surface area contributed by atoms with Crippen LogP contribution in [0.3, 0.4) is 0 Å². The van der Waals surface area contributed by atoms with Gasteiger partial charge < -0.3 is 36.4 Å². The number of primary amides is 1. The second-order valence-electron chi connectivity index (χ2n) is 16.7. The SMILES string of the molecule is CC(C)[C@H]1CCN(C(=O)[C@@H](NC(=O)N[C@H](CN(C)c2c(N(C)C)c(=O)c2=O)C2CCCCC2)C(C)(C)C)[C@@H]1C(=O)NC(CC1CC1)C(=O)C(N)=O. The van der Waals surface area contributed by atoms with Gasteiger partial charge in [0.15, 0.2) is 0 Å². The minimum Gasteiger partial charge on any atom is -0.373 e. The predicted molar refractivity (Wildman–Crippen MR) is 196 cm³/mol. The van der Waals surface area contributed by atoms with Crippen LogP contribution in [-0.4, -0.2) is 92.8 Å². The first kappa shape index (κ1) is 39.8. The molecule has 0 radical (unpaired) electrons. The summed E-state index contributed by atoms with van der Waals surface area (Å²) in [6.45, 7) is 10.1. The van der Waals surface area contributed by atoms with E-state index in [0.717, 1.165) is 44.9 Å². The van der Waals surface area contributed by atoms with Crippen molar-refractivity contribution in [3.05, 3.63) is 20.4 Å². The number of anilines is 2. The molecule has 3 aliphatic rings. The average molecular weight is 714 g/mol.